The molecule has 0 aliphatic rings. The minimum absolute atomic E-state index is 0.00976. The molecule has 0 atom stereocenters. The molecule has 2 aromatic rings. The van der Waals surface area contributed by atoms with Crippen molar-refractivity contribution in [3.05, 3.63) is 71.8 Å². The quantitative estimate of drug-likeness (QED) is 0.755. The van der Waals surface area contributed by atoms with Crippen molar-refractivity contribution < 1.29 is 13.7 Å². The summed E-state index contributed by atoms with van der Waals surface area (Å²) in [5.41, 5.74) is 1.92. The fraction of sp³-hybridized carbons (Fsp3) is 0.125. The summed E-state index contributed by atoms with van der Waals surface area (Å²) >= 11 is 8.22. The van der Waals surface area contributed by atoms with Gasteiger partial charge in [0, 0.05) is 0 Å². The molecule has 2 rings (SSSR count). The number of rotatable bonds is 6. The molecule has 0 radical (unpaired) electrons. The van der Waals surface area contributed by atoms with Gasteiger partial charge in [0.25, 0.3) is 10.3 Å². The van der Waals surface area contributed by atoms with E-state index in [1.807, 2.05) is 60.7 Å². The molecule has 0 unspecified atom stereocenters. The van der Waals surface area contributed by atoms with Crippen LogP contribution >= 0.6 is 24.4 Å². The molecule has 0 bridgehead atoms. The summed E-state index contributed by atoms with van der Waals surface area (Å²) in [6.07, 6.45) is 0. The van der Waals surface area contributed by atoms with Crippen LogP contribution in [0.5, 0.6) is 0 Å². The van der Waals surface area contributed by atoms with Crippen LogP contribution in [0.15, 0.2) is 60.7 Å². The van der Waals surface area contributed by atoms with E-state index in [9.17, 15) is 4.21 Å². The van der Waals surface area contributed by atoms with Crippen LogP contribution in [0, 0.1) is 0 Å². The van der Waals surface area contributed by atoms with Gasteiger partial charge in [-0.25, -0.2) is 13.7 Å². The molecule has 0 heterocycles. The summed E-state index contributed by atoms with van der Waals surface area (Å²) in [5.74, 6) is 0. The Morgan fingerprint density at radius 1 is 0.792 bits per heavy atom. The predicted octanol–water partition coefficient (Wildman–Crippen LogP) is 2.75. The molecule has 24 heavy (non-hydrogen) atoms. The maximum atomic E-state index is 11.8. The van der Waals surface area contributed by atoms with Crippen LogP contribution in [-0.2, 0) is 33.9 Å². The summed E-state index contributed by atoms with van der Waals surface area (Å²) in [4.78, 5) is 0. The zero-order valence-corrected chi connectivity index (χ0v) is 15.1. The van der Waals surface area contributed by atoms with Crippen molar-refractivity contribution in [3.8, 4) is 0 Å². The summed E-state index contributed by atoms with van der Waals surface area (Å²) in [6, 6.07) is 19.1. The van der Waals surface area contributed by atoms with Crippen molar-refractivity contribution >= 4 is 46.0 Å². The summed E-state index contributed by atoms with van der Waals surface area (Å²) < 4.78 is 27.4. The number of hydrogen-bond acceptors (Lipinski definition) is 5. The Morgan fingerprint density at radius 2 is 1.17 bits per heavy atom. The topological polar surface area (TPSA) is 59.6 Å². The molecule has 0 spiro atoms. The highest BCUT2D eigenvalue weighted by molar-refractivity contribution is 7.87. The van der Waals surface area contributed by atoms with E-state index in [4.69, 9.17) is 33.9 Å². The SMILES string of the molecule is O=S(NC(=S)OCc1ccccc1)NC(=S)OCc1ccccc1. The van der Waals surface area contributed by atoms with E-state index in [0.29, 0.717) is 13.2 Å². The van der Waals surface area contributed by atoms with Gasteiger partial charge in [0.1, 0.15) is 13.2 Å². The Balaban J connectivity index is 1.66. The minimum atomic E-state index is -1.73. The number of nitrogens with one attached hydrogen (secondary N) is 2. The maximum absolute atomic E-state index is 11.8. The maximum Gasteiger partial charge on any atom is 0.270 e. The third-order valence-electron chi connectivity index (χ3n) is 2.78. The normalized spacial score (nSPS) is 10.0. The van der Waals surface area contributed by atoms with Crippen LogP contribution in [0.2, 0.25) is 0 Å². The molecule has 0 saturated carbocycles. The highest BCUT2D eigenvalue weighted by Crippen LogP contribution is 2.02. The first-order chi connectivity index (χ1) is 11.6. The third kappa shape index (κ3) is 7.03. The van der Waals surface area contributed by atoms with E-state index >= 15 is 0 Å². The van der Waals surface area contributed by atoms with E-state index in [-0.39, 0.29) is 10.3 Å². The van der Waals surface area contributed by atoms with E-state index in [0.717, 1.165) is 11.1 Å². The lowest BCUT2D eigenvalue weighted by Crippen LogP contribution is -2.38. The Bertz CT molecular complexity index is 637. The van der Waals surface area contributed by atoms with Crippen LogP contribution < -0.4 is 9.44 Å². The first kappa shape index (κ1) is 18.3. The fourth-order valence-electron chi connectivity index (χ4n) is 1.68. The van der Waals surface area contributed by atoms with Crippen molar-refractivity contribution in [2.75, 3.05) is 0 Å². The van der Waals surface area contributed by atoms with Crippen LogP contribution in [0.4, 0.5) is 0 Å². The third-order valence-corrected chi connectivity index (χ3v) is 4.22. The molecule has 0 amide bonds. The zero-order valence-electron chi connectivity index (χ0n) is 12.6. The van der Waals surface area contributed by atoms with Gasteiger partial charge < -0.3 is 9.47 Å². The lowest BCUT2D eigenvalue weighted by Gasteiger charge is -2.11. The van der Waals surface area contributed by atoms with E-state index in [1.165, 1.54) is 0 Å². The van der Waals surface area contributed by atoms with E-state index in [1.54, 1.807) is 0 Å². The van der Waals surface area contributed by atoms with Crippen molar-refractivity contribution in [1.29, 1.82) is 0 Å². The van der Waals surface area contributed by atoms with Gasteiger partial charge in [-0.1, -0.05) is 60.7 Å². The average molecular weight is 381 g/mol. The molecular weight excluding hydrogens is 364 g/mol. The molecule has 2 N–H and O–H groups in total. The van der Waals surface area contributed by atoms with Gasteiger partial charge in [-0.3, -0.25) is 0 Å². The highest BCUT2D eigenvalue weighted by Gasteiger charge is 2.07. The first-order valence-corrected chi connectivity index (χ1v) is 8.96. The minimum Gasteiger partial charge on any atom is -0.466 e. The van der Waals surface area contributed by atoms with Crippen LogP contribution in [0.3, 0.4) is 0 Å². The highest BCUT2D eigenvalue weighted by atomic mass is 32.2. The lowest BCUT2D eigenvalue weighted by molar-refractivity contribution is 0.291. The Labute approximate surface area is 154 Å². The Kier molecular flexibility index (Phi) is 7.60. The van der Waals surface area contributed by atoms with Crippen molar-refractivity contribution in [3.63, 3.8) is 0 Å². The molecule has 126 valence electrons. The fourth-order valence-corrected chi connectivity index (χ4v) is 2.73. The first-order valence-electron chi connectivity index (χ1n) is 7.00. The second-order valence-corrected chi connectivity index (χ2v) is 6.28. The van der Waals surface area contributed by atoms with Gasteiger partial charge in [0.05, 0.1) is 0 Å². The molecule has 8 heteroatoms. The van der Waals surface area contributed by atoms with Crippen molar-refractivity contribution in [1.82, 2.24) is 9.44 Å². The van der Waals surface area contributed by atoms with Crippen molar-refractivity contribution in [2.24, 2.45) is 0 Å². The van der Waals surface area contributed by atoms with Gasteiger partial charge in [-0.2, -0.15) is 0 Å². The van der Waals surface area contributed by atoms with Gasteiger partial charge in [0.2, 0.25) is 11.2 Å². The molecule has 2 aromatic carbocycles. The monoisotopic (exact) mass is 380 g/mol. The van der Waals surface area contributed by atoms with E-state index < -0.39 is 11.2 Å². The molecule has 0 saturated heterocycles. The summed E-state index contributed by atoms with van der Waals surface area (Å²) in [7, 11) is 0. The van der Waals surface area contributed by atoms with Gasteiger partial charge >= 0.3 is 0 Å². The van der Waals surface area contributed by atoms with Crippen LogP contribution in [0.25, 0.3) is 0 Å². The lowest BCUT2D eigenvalue weighted by atomic mass is 10.2. The second kappa shape index (κ2) is 9.96. The molecular formula is C16H16N2O3S3. The van der Waals surface area contributed by atoms with Crippen LogP contribution in [-0.4, -0.2) is 14.6 Å². The smallest absolute Gasteiger partial charge is 0.270 e. The number of thiocarbonyl (C=S) groups is 2. The molecule has 0 fully saturated rings. The number of hydrogen-bond donors (Lipinski definition) is 2. The number of benzene rings is 2. The van der Waals surface area contributed by atoms with Gasteiger partial charge in [-0.05, 0) is 35.6 Å². The van der Waals surface area contributed by atoms with E-state index in [2.05, 4.69) is 9.44 Å². The average Bonchev–Trinajstić information content (AvgIpc) is 2.60. The number of ether oxygens (including phenoxy) is 2. The standard InChI is InChI=1S/C16H16N2O3S3/c19-24(17-15(22)20-11-13-7-3-1-4-8-13)18-16(23)21-12-14-9-5-2-6-10-14/h1-10H,11-12H2,(H,17,22)(H,18,23). The largest absolute Gasteiger partial charge is 0.466 e. The predicted molar refractivity (Wildman–Crippen MR) is 102 cm³/mol. The molecule has 0 aliphatic heterocycles. The van der Waals surface area contributed by atoms with Gasteiger partial charge in [0.15, 0.2) is 0 Å². The van der Waals surface area contributed by atoms with Crippen molar-refractivity contribution in [2.45, 2.75) is 13.2 Å². The molecule has 0 aliphatic carbocycles. The zero-order chi connectivity index (χ0) is 17.2. The molecule has 5 nitrogen and oxygen atoms in total. The second-order valence-electron chi connectivity index (χ2n) is 4.60. The van der Waals surface area contributed by atoms with Crippen LogP contribution in [0.1, 0.15) is 11.1 Å². The Hall–Kier alpha value is -2.03. The summed E-state index contributed by atoms with van der Waals surface area (Å²) in [6.45, 7) is 0.581. The summed E-state index contributed by atoms with van der Waals surface area (Å²) in [5, 5.41) is 0.0195. The van der Waals surface area contributed by atoms with Gasteiger partial charge in [-0.15, -0.1) is 0 Å². The Morgan fingerprint density at radius 3 is 1.54 bits per heavy atom. The molecule has 0 aromatic heterocycles.